The molecule has 1 aliphatic rings. The lowest BCUT2D eigenvalue weighted by molar-refractivity contribution is 0.377. The normalized spacial score (nSPS) is 21.3. The van der Waals surface area contributed by atoms with Crippen LogP contribution in [-0.2, 0) is 0 Å². The van der Waals surface area contributed by atoms with Crippen molar-refractivity contribution in [1.29, 1.82) is 0 Å². The van der Waals surface area contributed by atoms with Crippen LogP contribution in [0.1, 0.15) is 47.0 Å². The van der Waals surface area contributed by atoms with Crippen LogP contribution in [-0.4, -0.2) is 0 Å². The Labute approximate surface area is 100 Å². The second-order valence-electron chi connectivity index (χ2n) is 5.32. The SMILES string of the molecule is C#CC=C(C)C=CC1=C(C)CCCC1(C)C. The highest BCUT2D eigenvalue weighted by molar-refractivity contribution is 5.37. The molecule has 1 rings (SSSR count). The molecular weight excluding hydrogens is 192 g/mol. The molecule has 0 amide bonds. The average Bonchev–Trinajstić information content (AvgIpc) is 2.16. The van der Waals surface area contributed by atoms with Crippen molar-refractivity contribution in [2.45, 2.75) is 47.0 Å². The van der Waals surface area contributed by atoms with Gasteiger partial charge in [-0.2, -0.15) is 0 Å². The minimum atomic E-state index is 0.315. The topological polar surface area (TPSA) is 0 Å². The van der Waals surface area contributed by atoms with E-state index in [1.165, 1.54) is 30.4 Å². The molecule has 0 fully saturated rings. The van der Waals surface area contributed by atoms with Crippen LogP contribution >= 0.6 is 0 Å². The van der Waals surface area contributed by atoms with Crippen molar-refractivity contribution < 1.29 is 0 Å². The first-order valence-electron chi connectivity index (χ1n) is 5.98. The van der Waals surface area contributed by atoms with Crippen LogP contribution in [0.3, 0.4) is 0 Å². The van der Waals surface area contributed by atoms with Crippen LogP contribution in [0.5, 0.6) is 0 Å². The Kier molecular flexibility index (Phi) is 4.19. The second-order valence-corrected chi connectivity index (χ2v) is 5.32. The van der Waals surface area contributed by atoms with Gasteiger partial charge in [-0.15, -0.1) is 6.42 Å². The van der Waals surface area contributed by atoms with Gasteiger partial charge in [0, 0.05) is 0 Å². The molecule has 0 unspecified atom stereocenters. The summed E-state index contributed by atoms with van der Waals surface area (Å²) in [6.45, 7) is 8.95. The molecule has 0 spiro atoms. The van der Waals surface area contributed by atoms with Crippen LogP contribution in [0.4, 0.5) is 0 Å². The molecule has 0 N–H and O–H groups in total. The Morgan fingerprint density at radius 3 is 2.69 bits per heavy atom. The Bertz CT molecular complexity index is 381. The van der Waals surface area contributed by atoms with Gasteiger partial charge in [0.05, 0.1) is 0 Å². The van der Waals surface area contributed by atoms with Crippen molar-refractivity contribution >= 4 is 0 Å². The molecule has 0 saturated carbocycles. The van der Waals surface area contributed by atoms with Gasteiger partial charge in [0.1, 0.15) is 0 Å². The lowest BCUT2D eigenvalue weighted by atomic mass is 9.72. The van der Waals surface area contributed by atoms with Crippen LogP contribution in [0.15, 0.2) is 34.9 Å². The van der Waals surface area contributed by atoms with Gasteiger partial charge in [-0.05, 0) is 55.7 Å². The van der Waals surface area contributed by atoms with Gasteiger partial charge < -0.3 is 0 Å². The number of allylic oxidation sites excluding steroid dienone is 6. The first-order chi connectivity index (χ1) is 7.47. The number of hydrogen-bond donors (Lipinski definition) is 0. The fourth-order valence-corrected chi connectivity index (χ4v) is 2.40. The molecule has 0 aromatic rings. The third-order valence-corrected chi connectivity index (χ3v) is 3.37. The fourth-order valence-electron chi connectivity index (χ4n) is 2.40. The summed E-state index contributed by atoms with van der Waals surface area (Å²) in [5.74, 6) is 2.56. The Balaban J connectivity index is 2.95. The fraction of sp³-hybridized carbons (Fsp3) is 0.500. The van der Waals surface area contributed by atoms with Crippen molar-refractivity contribution in [3.8, 4) is 12.3 Å². The Morgan fingerprint density at radius 2 is 2.12 bits per heavy atom. The van der Waals surface area contributed by atoms with Gasteiger partial charge in [0.15, 0.2) is 0 Å². The van der Waals surface area contributed by atoms with E-state index in [-0.39, 0.29) is 0 Å². The summed E-state index contributed by atoms with van der Waals surface area (Å²) < 4.78 is 0. The van der Waals surface area contributed by atoms with Crippen molar-refractivity contribution in [3.63, 3.8) is 0 Å². The van der Waals surface area contributed by atoms with E-state index < -0.39 is 0 Å². The minimum Gasteiger partial charge on any atom is -0.115 e. The van der Waals surface area contributed by atoms with Crippen molar-refractivity contribution in [3.05, 3.63) is 34.9 Å². The molecule has 1 aliphatic carbocycles. The van der Waals surface area contributed by atoms with Gasteiger partial charge in [-0.25, -0.2) is 0 Å². The molecule has 16 heavy (non-hydrogen) atoms. The third-order valence-electron chi connectivity index (χ3n) is 3.37. The molecule has 86 valence electrons. The maximum atomic E-state index is 5.25. The van der Waals surface area contributed by atoms with Gasteiger partial charge >= 0.3 is 0 Å². The molecule has 0 aromatic heterocycles. The first kappa shape index (κ1) is 12.8. The summed E-state index contributed by atoms with van der Waals surface area (Å²) >= 11 is 0. The van der Waals surface area contributed by atoms with Crippen LogP contribution in [0.2, 0.25) is 0 Å². The molecular formula is C16H22. The lowest BCUT2D eigenvalue weighted by Crippen LogP contribution is -2.19. The predicted octanol–water partition coefficient (Wildman–Crippen LogP) is 4.65. The van der Waals surface area contributed by atoms with E-state index in [0.29, 0.717) is 5.41 Å². The highest BCUT2D eigenvalue weighted by Gasteiger charge is 2.26. The average molecular weight is 214 g/mol. The Morgan fingerprint density at radius 1 is 1.44 bits per heavy atom. The molecule has 0 heteroatoms. The molecule has 0 bridgehead atoms. The van der Waals surface area contributed by atoms with E-state index in [4.69, 9.17) is 6.42 Å². The van der Waals surface area contributed by atoms with Gasteiger partial charge in [0.2, 0.25) is 0 Å². The van der Waals surface area contributed by atoms with Crippen molar-refractivity contribution in [1.82, 2.24) is 0 Å². The summed E-state index contributed by atoms with van der Waals surface area (Å²) in [5.41, 5.74) is 4.48. The van der Waals surface area contributed by atoms with E-state index in [9.17, 15) is 0 Å². The zero-order chi connectivity index (χ0) is 12.2. The molecule has 0 radical (unpaired) electrons. The van der Waals surface area contributed by atoms with Crippen molar-refractivity contribution in [2.75, 3.05) is 0 Å². The summed E-state index contributed by atoms with van der Waals surface area (Å²) in [6, 6.07) is 0. The van der Waals surface area contributed by atoms with Crippen LogP contribution in [0, 0.1) is 17.8 Å². The van der Waals surface area contributed by atoms with E-state index in [2.05, 4.69) is 38.8 Å². The zero-order valence-electron chi connectivity index (χ0n) is 10.9. The first-order valence-corrected chi connectivity index (χ1v) is 5.98. The molecule has 0 atom stereocenters. The van der Waals surface area contributed by atoms with Crippen LogP contribution in [0.25, 0.3) is 0 Å². The van der Waals surface area contributed by atoms with E-state index in [1.807, 2.05) is 13.0 Å². The van der Waals surface area contributed by atoms with Crippen LogP contribution < -0.4 is 0 Å². The highest BCUT2D eigenvalue weighted by Crippen LogP contribution is 2.40. The molecule has 0 saturated heterocycles. The number of terminal acetylenes is 1. The predicted molar refractivity (Wildman–Crippen MR) is 72.1 cm³/mol. The maximum absolute atomic E-state index is 5.25. The van der Waals surface area contributed by atoms with Crippen molar-refractivity contribution in [2.24, 2.45) is 5.41 Å². The highest BCUT2D eigenvalue weighted by atomic mass is 14.3. The monoisotopic (exact) mass is 214 g/mol. The summed E-state index contributed by atoms with van der Waals surface area (Å²) in [5, 5.41) is 0. The van der Waals surface area contributed by atoms with Gasteiger partial charge in [-0.1, -0.05) is 37.5 Å². The summed E-state index contributed by atoms with van der Waals surface area (Å²) in [7, 11) is 0. The minimum absolute atomic E-state index is 0.315. The second kappa shape index (κ2) is 5.21. The largest absolute Gasteiger partial charge is 0.115 e. The van der Waals surface area contributed by atoms with E-state index >= 15 is 0 Å². The molecule has 0 heterocycles. The summed E-state index contributed by atoms with van der Waals surface area (Å²) in [6.07, 6.45) is 15.3. The summed E-state index contributed by atoms with van der Waals surface area (Å²) in [4.78, 5) is 0. The third kappa shape index (κ3) is 3.14. The Hall–Kier alpha value is -1.22. The zero-order valence-corrected chi connectivity index (χ0v) is 10.9. The smallest absolute Gasteiger partial charge is 0.00923 e. The number of rotatable bonds is 2. The van der Waals surface area contributed by atoms with Gasteiger partial charge in [0.25, 0.3) is 0 Å². The standard InChI is InChI=1S/C16H22/c1-6-8-13(2)10-11-15-14(3)9-7-12-16(15,4)5/h1,8,10-11H,7,9,12H2,2-5H3. The van der Waals surface area contributed by atoms with E-state index in [1.54, 1.807) is 0 Å². The quantitative estimate of drug-likeness (QED) is 0.463. The number of hydrogen-bond acceptors (Lipinski definition) is 0. The lowest BCUT2D eigenvalue weighted by Gasteiger charge is -2.32. The maximum Gasteiger partial charge on any atom is -0.00923 e. The van der Waals surface area contributed by atoms with E-state index in [0.717, 1.165) is 5.57 Å². The molecule has 0 aromatic carbocycles. The molecule has 0 nitrogen and oxygen atoms in total. The molecule has 0 aliphatic heterocycles. The van der Waals surface area contributed by atoms with Gasteiger partial charge in [-0.3, -0.25) is 0 Å².